The Morgan fingerprint density at radius 2 is 2.05 bits per heavy atom. The van der Waals surface area contributed by atoms with Gasteiger partial charge in [0.1, 0.15) is 6.26 Å². The average molecular weight is 271 g/mol. The maximum atomic E-state index is 12.4. The Morgan fingerprint density at radius 3 is 2.80 bits per heavy atom. The Balaban J connectivity index is 1.93. The van der Waals surface area contributed by atoms with E-state index in [9.17, 15) is 9.59 Å². The minimum Gasteiger partial charge on any atom is -0.478 e. The summed E-state index contributed by atoms with van der Waals surface area (Å²) in [6.07, 6.45) is 2.92. The molecule has 2 aromatic rings. The minimum atomic E-state index is -1.10. The van der Waals surface area contributed by atoms with Crippen LogP contribution in [0.3, 0.4) is 0 Å². The van der Waals surface area contributed by atoms with E-state index in [0.29, 0.717) is 6.54 Å². The number of carbonyl (C=O) groups is 2. The van der Waals surface area contributed by atoms with Gasteiger partial charge in [0, 0.05) is 18.3 Å². The van der Waals surface area contributed by atoms with Crippen LogP contribution in [0.1, 0.15) is 32.9 Å². The molecule has 20 heavy (non-hydrogen) atoms. The number of fused-ring (bicyclic) bond motifs is 1. The van der Waals surface area contributed by atoms with E-state index < -0.39 is 5.97 Å². The van der Waals surface area contributed by atoms with E-state index in [1.54, 1.807) is 4.90 Å². The molecule has 0 atom stereocenters. The van der Waals surface area contributed by atoms with Crippen molar-refractivity contribution in [1.82, 2.24) is 0 Å². The molecule has 2 heterocycles. The average Bonchev–Trinajstić information content (AvgIpc) is 2.96. The van der Waals surface area contributed by atoms with Gasteiger partial charge in [0.25, 0.3) is 5.91 Å². The lowest BCUT2D eigenvalue weighted by molar-refractivity contribution is 0.0696. The molecule has 0 aliphatic carbocycles. The Hall–Kier alpha value is -2.56. The summed E-state index contributed by atoms with van der Waals surface area (Å²) in [5, 5.41) is 8.86. The second-order valence-corrected chi connectivity index (χ2v) is 4.69. The van der Waals surface area contributed by atoms with Crippen molar-refractivity contribution in [2.24, 2.45) is 0 Å². The highest BCUT2D eigenvalue weighted by atomic mass is 16.4. The maximum absolute atomic E-state index is 12.4. The fraction of sp³-hybridized carbons (Fsp3) is 0.200. The molecule has 0 fully saturated rings. The number of hydrogen-bond donors (Lipinski definition) is 1. The van der Waals surface area contributed by atoms with Crippen LogP contribution in [-0.4, -0.2) is 23.5 Å². The first-order chi connectivity index (χ1) is 9.66. The first-order valence-corrected chi connectivity index (χ1v) is 6.38. The zero-order valence-electron chi connectivity index (χ0n) is 10.7. The van der Waals surface area contributed by atoms with E-state index in [0.717, 1.165) is 30.4 Å². The minimum absolute atomic E-state index is 0.0151. The zero-order chi connectivity index (χ0) is 14.1. The van der Waals surface area contributed by atoms with Gasteiger partial charge in [-0.1, -0.05) is 18.2 Å². The third-order valence-corrected chi connectivity index (χ3v) is 3.41. The van der Waals surface area contributed by atoms with Gasteiger partial charge in [0.05, 0.1) is 5.56 Å². The molecule has 1 aliphatic heterocycles. The number of furan rings is 1. The lowest BCUT2D eigenvalue weighted by Gasteiger charge is -2.28. The van der Waals surface area contributed by atoms with Gasteiger partial charge in [-0.25, -0.2) is 4.79 Å². The van der Waals surface area contributed by atoms with E-state index in [-0.39, 0.29) is 17.2 Å². The number of para-hydroxylation sites is 1. The Bertz CT molecular complexity index is 674. The number of carboxylic acids is 1. The molecule has 0 unspecified atom stereocenters. The molecule has 1 amide bonds. The molecule has 1 aliphatic rings. The van der Waals surface area contributed by atoms with Crippen LogP contribution < -0.4 is 4.90 Å². The van der Waals surface area contributed by atoms with Crippen molar-refractivity contribution in [1.29, 1.82) is 0 Å². The standard InChI is InChI=1S/C15H13NO4/c17-14(13-8-11(9-20-13)15(18)19)16-7-3-5-10-4-1-2-6-12(10)16/h1-2,4,6,8-9H,3,5,7H2,(H,18,19). The number of nitrogens with zero attached hydrogens (tertiary/aromatic N) is 1. The quantitative estimate of drug-likeness (QED) is 0.911. The molecular weight excluding hydrogens is 258 g/mol. The molecule has 0 bridgehead atoms. The topological polar surface area (TPSA) is 70.7 Å². The van der Waals surface area contributed by atoms with Crippen LogP contribution in [0, 0.1) is 0 Å². The summed E-state index contributed by atoms with van der Waals surface area (Å²) in [4.78, 5) is 24.9. The molecule has 5 nitrogen and oxygen atoms in total. The predicted octanol–water partition coefficient (Wildman–Crippen LogP) is 2.57. The van der Waals surface area contributed by atoms with Gasteiger partial charge in [-0.05, 0) is 24.5 Å². The third kappa shape index (κ3) is 2.07. The number of amides is 1. The van der Waals surface area contributed by atoms with Crippen LogP contribution in [0.5, 0.6) is 0 Å². The highest BCUT2D eigenvalue weighted by Gasteiger charge is 2.26. The smallest absolute Gasteiger partial charge is 0.338 e. The van der Waals surface area contributed by atoms with E-state index in [1.165, 1.54) is 6.07 Å². The Morgan fingerprint density at radius 1 is 1.25 bits per heavy atom. The van der Waals surface area contributed by atoms with Crippen molar-refractivity contribution in [2.75, 3.05) is 11.4 Å². The van der Waals surface area contributed by atoms with Crippen LogP contribution in [0.4, 0.5) is 5.69 Å². The van der Waals surface area contributed by atoms with Crippen LogP contribution in [0.2, 0.25) is 0 Å². The van der Waals surface area contributed by atoms with Gasteiger partial charge in [-0.3, -0.25) is 4.79 Å². The summed E-state index contributed by atoms with van der Waals surface area (Å²) >= 11 is 0. The molecule has 1 aromatic carbocycles. The number of benzene rings is 1. The normalized spacial score (nSPS) is 13.9. The highest BCUT2D eigenvalue weighted by Crippen LogP contribution is 2.28. The molecule has 102 valence electrons. The first kappa shape index (κ1) is 12.5. The molecule has 1 aromatic heterocycles. The van der Waals surface area contributed by atoms with Crippen LogP contribution in [-0.2, 0) is 6.42 Å². The Kier molecular flexibility index (Phi) is 3.02. The number of carboxylic acid groups (broad SMARTS) is 1. The SMILES string of the molecule is O=C(O)c1coc(C(=O)N2CCCc3ccccc32)c1. The van der Waals surface area contributed by atoms with E-state index in [1.807, 2.05) is 24.3 Å². The van der Waals surface area contributed by atoms with Crippen molar-refractivity contribution in [2.45, 2.75) is 12.8 Å². The first-order valence-electron chi connectivity index (χ1n) is 6.38. The molecular formula is C15H13NO4. The Labute approximate surface area is 115 Å². The predicted molar refractivity (Wildman–Crippen MR) is 72.1 cm³/mol. The number of carbonyl (C=O) groups excluding carboxylic acids is 1. The third-order valence-electron chi connectivity index (χ3n) is 3.41. The van der Waals surface area contributed by atoms with Crippen LogP contribution in [0.15, 0.2) is 41.0 Å². The summed E-state index contributed by atoms with van der Waals surface area (Å²) in [6.45, 7) is 0.610. The molecule has 0 saturated heterocycles. The summed E-state index contributed by atoms with van der Waals surface area (Å²) in [5.74, 6) is -1.35. The molecule has 5 heteroatoms. The van der Waals surface area contributed by atoms with Gasteiger partial charge >= 0.3 is 5.97 Å². The number of aryl methyl sites for hydroxylation is 1. The van der Waals surface area contributed by atoms with Crippen LogP contribution in [0.25, 0.3) is 0 Å². The summed E-state index contributed by atoms with van der Waals surface area (Å²) in [7, 11) is 0. The lowest BCUT2D eigenvalue weighted by atomic mass is 10.0. The van der Waals surface area contributed by atoms with Gasteiger partial charge in [0.15, 0.2) is 5.76 Å². The molecule has 0 saturated carbocycles. The summed E-state index contributed by atoms with van der Waals surface area (Å²) < 4.78 is 5.08. The van der Waals surface area contributed by atoms with Crippen molar-refractivity contribution < 1.29 is 19.1 Å². The summed E-state index contributed by atoms with van der Waals surface area (Å²) in [5.41, 5.74) is 1.98. The largest absolute Gasteiger partial charge is 0.478 e. The summed E-state index contributed by atoms with van der Waals surface area (Å²) in [6, 6.07) is 8.99. The molecule has 0 radical (unpaired) electrons. The van der Waals surface area contributed by atoms with Crippen molar-refractivity contribution >= 4 is 17.6 Å². The highest BCUT2D eigenvalue weighted by molar-refractivity contribution is 6.06. The van der Waals surface area contributed by atoms with Gasteiger partial charge in [0.2, 0.25) is 0 Å². The van der Waals surface area contributed by atoms with Gasteiger partial charge in [-0.15, -0.1) is 0 Å². The maximum Gasteiger partial charge on any atom is 0.338 e. The fourth-order valence-electron chi connectivity index (χ4n) is 2.44. The van der Waals surface area contributed by atoms with Crippen molar-refractivity contribution in [3.05, 3.63) is 53.5 Å². The number of rotatable bonds is 2. The second-order valence-electron chi connectivity index (χ2n) is 4.69. The van der Waals surface area contributed by atoms with E-state index in [4.69, 9.17) is 9.52 Å². The molecule has 0 spiro atoms. The lowest BCUT2D eigenvalue weighted by Crippen LogP contribution is -2.35. The number of hydrogen-bond acceptors (Lipinski definition) is 3. The number of aromatic carboxylic acids is 1. The van der Waals surface area contributed by atoms with Gasteiger partial charge < -0.3 is 14.4 Å². The van der Waals surface area contributed by atoms with Crippen molar-refractivity contribution in [3.8, 4) is 0 Å². The molecule has 3 rings (SSSR count). The van der Waals surface area contributed by atoms with E-state index >= 15 is 0 Å². The molecule has 1 N–H and O–H groups in total. The number of anilines is 1. The zero-order valence-corrected chi connectivity index (χ0v) is 10.7. The monoisotopic (exact) mass is 271 g/mol. The van der Waals surface area contributed by atoms with E-state index in [2.05, 4.69) is 0 Å². The van der Waals surface area contributed by atoms with Gasteiger partial charge in [-0.2, -0.15) is 0 Å². The van der Waals surface area contributed by atoms with Crippen LogP contribution >= 0.6 is 0 Å². The fourth-order valence-corrected chi connectivity index (χ4v) is 2.44. The second kappa shape index (κ2) is 4.85. The van der Waals surface area contributed by atoms with Crippen molar-refractivity contribution in [3.63, 3.8) is 0 Å².